The van der Waals surface area contributed by atoms with E-state index in [0.29, 0.717) is 11.5 Å². The second-order valence-electron chi connectivity index (χ2n) is 3.98. The number of H-pyrrole nitrogens is 1. The Bertz CT molecular complexity index is 540. The highest BCUT2D eigenvalue weighted by molar-refractivity contribution is 6.06. The van der Waals surface area contributed by atoms with Crippen molar-refractivity contribution in [2.24, 2.45) is 5.73 Å². The number of carbonyl (C=O) groups excluding carboxylic acids is 1. The Morgan fingerprint density at radius 1 is 1.47 bits per heavy atom. The highest BCUT2D eigenvalue weighted by Gasteiger charge is 2.28. The molecule has 1 aromatic heterocycles. The Balaban J connectivity index is 2.33. The van der Waals surface area contributed by atoms with Crippen LogP contribution >= 0.6 is 0 Å². The zero-order chi connectivity index (χ0) is 10.4. The van der Waals surface area contributed by atoms with E-state index in [-0.39, 0.29) is 5.91 Å². The van der Waals surface area contributed by atoms with E-state index in [9.17, 15) is 4.79 Å². The van der Waals surface area contributed by atoms with Gasteiger partial charge in [0.15, 0.2) is 0 Å². The summed E-state index contributed by atoms with van der Waals surface area (Å²) in [7, 11) is 0. The van der Waals surface area contributed by atoms with Crippen molar-refractivity contribution in [2.75, 3.05) is 0 Å². The van der Waals surface area contributed by atoms with Crippen LogP contribution in [-0.4, -0.2) is 16.1 Å². The summed E-state index contributed by atoms with van der Waals surface area (Å²) >= 11 is 0. The summed E-state index contributed by atoms with van der Waals surface area (Å²) in [6.45, 7) is 0. The molecule has 1 aliphatic carbocycles. The first-order valence-electron chi connectivity index (χ1n) is 5.04. The van der Waals surface area contributed by atoms with Crippen LogP contribution in [-0.2, 0) is 0 Å². The molecule has 0 saturated heterocycles. The Morgan fingerprint density at radius 2 is 2.27 bits per heavy atom. The Morgan fingerprint density at radius 3 is 2.93 bits per heavy atom. The molecule has 0 bridgehead atoms. The highest BCUT2D eigenvalue weighted by Crippen LogP contribution is 2.42. The monoisotopic (exact) mass is 201 g/mol. The number of hydrogen-bond acceptors (Lipinski definition) is 2. The molecule has 4 heteroatoms. The summed E-state index contributed by atoms with van der Waals surface area (Å²) in [5.74, 6) is 0.152. The largest absolute Gasteiger partial charge is 0.366 e. The third-order valence-electron chi connectivity index (χ3n) is 2.86. The number of amides is 1. The fourth-order valence-corrected chi connectivity index (χ4v) is 1.97. The van der Waals surface area contributed by atoms with Crippen molar-refractivity contribution in [1.29, 1.82) is 0 Å². The van der Waals surface area contributed by atoms with E-state index in [0.717, 1.165) is 16.6 Å². The van der Waals surface area contributed by atoms with Gasteiger partial charge in [0.2, 0.25) is 5.91 Å². The predicted molar refractivity (Wildman–Crippen MR) is 56.6 cm³/mol. The fraction of sp³-hybridized carbons (Fsp3) is 0.273. The van der Waals surface area contributed by atoms with E-state index in [1.165, 1.54) is 12.8 Å². The summed E-state index contributed by atoms with van der Waals surface area (Å²) in [6.07, 6.45) is 2.34. The highest BCUT2D eigenvalue weighted by atomic mass is 16.1. The molecule has 0 atom stereocenters. The smallest absolute Gasteiger partial charge is 0.249 e. The summed E-state index contributed by atoms with van der Waals surface area (Å²) in [5, 5.41) is 8.11. The van der Waals surface area contributed by atoms with Gasteiger partial charge in [-0.15, -0.1) is 0 Å². The van der Waals surface area contributed by atoms with E-state index in [2.05, 4.69) is 10.2 Å². The number of nitrogens with one attached hydrogen (secondary N) is 1. The van der Waals surface area contributed by atoms with Gasteiger partial charge >= 0.3 is 0 Å². The second-order valence-corrected chi connectivity index (χ2v) is 3.98. The molecule has 0 aliphatic heterocycles. The van der Waals surface area contributed by atoms with Gasteiger partial charge in [-0.2, -0.15) is 5.10 Å². The minimum atomic E-state index is -0.385. The lowest BCUT2D eigenvalue weighted by atomic mass is 10.1. The molecule has 4 nitrogen and oxygen atoms in total. The van der Waals surface area contributed by atoms with Crippen LogP contribution in [0.25, 0.3) is 10.9 Å². The number of primary amides is 1. The number of aromatic nitrogens is 2. The Hall–Kier alpha value is -1.84. The van der Waals surface area contributed by atoms with Gasteiger partial charge in [0.25, 0.3) is 0 Å². The number of hydrogen-bond donors (Lipinski definition) is 2. The average molecular weight is 201 g/mol. The van der Waals surface area contributed by atoms with E-state index >= 15 is 0 Å². The number of carbonyl (C=O) groups is 1. The summed E-state index contributed by atoms with van der Waals surface area (Å²) < 4.78 is 0. The summed E-state index contributed by atoms with van der Waals surface area (Å²) in [5.41, 5.74) is 7.82. The number of nitrogens with two attached hydrogens (primary N) is 1. The molecule has 0 unspecified atom stereocenters. The standard InChI is InChI=1S/C11H11N3O/c12-11(15)7-2-1-3-8-9(7)10(14-13-8)6-4-5-6/h1-3,6H,4-5H2,(H2,12,15)(H,13,14). The maximum Gasteiger partial charge on any atom is 0.249 e. The number of benzene rings is 1. The minimum absolute atomic E-state index is 0.385. The van der Waals surface area contributed by atoms with Gasteiger partial charge in [-0.05, 0) is 25.0 Å². The van der Waals surface area contributed by atoms with Crippen LogP contribution < -0.4 is 5.73 Å². The summed E-state index contributed by atoms with van der Waals surface area (Å²) in [6, 6.07) is 5.45. The first-order chi connectivity index (χ1) is 7.27. The molecule has 15 heavy (non-hydrogen) atoms. The van der Waals surface area contributed by atoms with Crippen LogP contribution in [0, 0.1) is 0 Å². The van der Waals surface area contributed by atoms with Crippen molar-refractivity contribution < 1.29 is 4.79 Å². The van der Waals surface area contributed by atoms with Gasteiger partial charge < -0.3 is 5.73 Å². The van der Waals surface area contributed by atoms with E-state index in [1.807, 2.05) is 6.07 Å². The SMILES string of the molecule is NC(=O)c1cccc2n[nH]c(C3CC3)c12. The molecule has 3 N–H and O–H groups in total. The molecule has 1 amide bonds. The maximum absolute atomic E-state index is 11.3. The van der Waals surface area contributed by atoms with Gasteiger partial charge in [-0.1, -0.05) is 6.07 Å². The zero-order valence-electron chi connectivity index (χ0n) is 8.16. The van der Waals surface area contributed by atoms with Crippen molar-refractivity contribution >= 4 is 16.8 Å². The van der Waals surface area contributed by atoms with Crippen molar-refractivity contribution in [3.8, 4) is 0 Å². The topological polar surface area (TPSA) is 71.8 Å². The van der Waals surface area contributed by atoms with E-state index < -0.39 is 0 Å². The van der Waals surface area contributed by atoms with Crippen molar-refractivity contribution in [3.63, 3.8) is 0 Å². The first kappa shape index (κ1) is 8.47. The van der Waals surface area contributed by atoms with Gasteiger partial charge in [0, 0.05) is 17.0 Å². The van der Waals surface area contributed by atoms with Gasteiger partial charge in [-0.25, -0.2) is 0 Å². The van der Waals surface area contributed by atoms with Crippen LogP contribution in [0.1, 0.15) is 34.8 Å². The van der Waals surface area contributed by atoms with Crippen LogP contribution in [0.3, 0.4) is 0 Å². The quantitative estimate of drug-likeness (QED) is 0.773. The van der Waals surface area contributed by atoms with Crippen LogP contribution in [0.5, 0.6) is 0 Å². The predicted octanol–water partition coefficient (Wildman–Crippen LogP) is 1.54. The molecule has 1 saturated carbocycles. The molecule has 76 valence electrons. The van der Waals surface area contributed by atoms with Crippen LogP contribution in [0.15, 0.2) is 18.2 Å². The number of nitrogens with zero attached hydrogens (tertiary/aromatic N) is 1. The third kappa shape index (κ3) is 1.21. The van der Waals surface area contributed by atoms with Gasteiger partial charge in [0.1, 0.15) is 0 Å². The Kier molecular flexibility index (Phi) is 1.59. The van der Waals surface area contributed by atoms with Gasteiger partial charge in [0.05, 0.1) is 11.1 Å². The Labute approximate surface area is 86.5 Å². The number of rotatable bonds is 2. The van der Waals surface area contributed by atoms with Crippen molar-refractivity contribution in [2.45, 2.75) is 18.8 Å². The molecular weight excluding hydrogens is 190 g/mol. The summed E-state index contributed by atoms with van der Waals surface area (Å²) in [4.78, 5) is 11.3. The van der Waals surface area contributed by atoms with Gasteiger partial charge in [-0.3, -0.25) is 9.89 Å². The third-order valence-corrected chi connectivity index (χ3v) is 2.86. The number of aromatic amines is 1. The first-order valence-corrected chi connectivity index (χ1v) is 5.04. The van der Waals surface area contributed by atoms with Crippen LogP contribution in [0.2, 0.25) is 0 Å². The lowest BCUT2D eigenvalue weighted by Crippen LogP contribution is -2.11. The van der Waals surface area contributed by atoms with E-state index in [1.54, 1.807) is 12.1 Å². The molecule has 1 heterocycles. The molecule has 3 rings (SSSR count). The van der Waals surface area contributed by atoms with E-state index in [4.69, 9.17) is 5.73 Å². The average Bonchev–Trinajstić information content (AvgIpc) is 2.97. The second kappa shape index (κ2) is 2.82. The molecule has 0 radical (unpaired) electrons. The lowest BCUT2D eigenvalue weighted by molar-refractivity contribution is 0.100. The molecule has 2 aromatic rings. The lowest BCUT2D eigenvalue weighted by Gasteiger charge is -1.99. The normalized spacial score (nSPS) is 15.7. The molecule has 1 aromatic carbocycles. The molecule has 0 spiro atoms. The minimum Gasteiger partial charge on any atom is -0.366 e. The van der Waals surface area contributed by atoms with Crippen molar-refractivity contribution in [1.82, 2.24) is 10.2 Å². The van der Waals surface area contributed by atoms with Crippen molar-refractivity contribution in [3.05, 3.63) is 29.5 Å². The number of fused-ring (bicyclic) bond motifs is 1. The fourth-order valence-electron chi connectivity index (χ4n) is 1.97. The molecular formula is C11H11N3O. The maximum atomic E-state index is 11.3. The molecule has 1 aliphatic rings. The zero-order valence-corrected chi connectivity index (χ0v) is 8.16. The molecule has 1 fully saturated rings. The van der Waals surface area contributed by atoms with Crippen LogP contribution in [0.4, 0.5) is 0 Å².